The summed E-state index contributed by atoms with van der Waals surface area (Å²) in [6.07, 6.45) is 1.50. The number of nitrogens with zero attached hydrogens (tertiary/aromatic N) is 3. The van der Waals surface area contributed by atoms with Gasteiger partial charge in [0, 0.05) is 11.2 Å². The number of ketones is 1. The molecule has 33 heavy (non-hydrogen) atoms. The van der Waals surface area contributed by atoms with Crippen molar-refractivity contribution < 1.29 is 19.4 Å². The molecule has 0 bridgehead atoms. The van der Waals surface area contributed by atoms with Gasteiger partial charge in [0.1, 0.15) is 11.4 Å². The van der Waals surface area contributed by atoms with Crippen molar-refractivity contribution in [1.29, 1.82) is 0 Å². The van der Waals surface area contributed by atoms with Crippen molar-refractivity contribution >= 4 is 55.7 Å². The van der Waals surface area contributed by atoms with Gasteiger partial charge in [-0.1, -0.05) is 41.1 Å². The van der Waals surface area contributed by atoms with Gasteiger partial charge < -0.3 is 9.84 Å². The van der Waals surface area contributed by atoms with Crippen LogP contribution in [0.15, 0.2) is 72.4 Å². The lowest BCUT2D eigenvalue weighted by molar-refractivity contribution is -0.132. The molecule has 0 saturated carbocycles. The van der Waals surface area contributed by atoms with Crippen LogP contribution in [0.1, 0.15) is 17.3 Å². The highest BCUT2D eigenvalue weighted by atomic mass is 35.5. The zero-order chi connectivity index (χ0) is 23.1. The van der Waals surface area contributed by atoms with Gasteiger partial charge in [0.05, 0.1) is 28.9 Å². The fourth-order valence-electron chi connectivity index (χ4n) is 3.75. The topological polar surface area (TPSA) is 92.6 Å². The van der Waals surface area contributed by atoms with E-state index in [1.807, 2.05) is 6.07 Å². The van der Waals surface area contributed by atoms with Crippen molar-refractivity contribution in [3.63, 3.8) is 0 Å². The average molecular weight is 478 g/mol. The van der Waals surface area contributed by atoms with Crippen LogP contribution in [0.25, 0.3) is 16.0 Å². The van der Waals surface area contributed by atoms with Crippen LogP contribution >= 0.6 is 22.9 Å². The van der Waals surface area contributed by atoms with Crippen molar-refractivity contribution in [1.82, 2.24) is 9.97 Å². The third kappa shape index (κ3) is 3.63. The number of methoxy groups -OCH3 is 1. The summed E-state index contributed by atoms with van der Waals surface area (Å²) in [5, 5.41) is 11.9. The number of fused-ring (bicyclic) bond motifs is 1. The average Bonchev–Trinajstić information content (AvgIpc) is 3.37. The summed E-state index contributed by atoms with van der Waals surface area (Å²) in [5.74, 6) is -1.28. The molecule has 1 N–H and O–H groups in total. The number of aliphatic hydroxyl groups excluding tert-OH is 1. The van der Waals surface area contributed by atoms with Crippen LogP contribution in [0.3, 0.4) is 0 Å². The molecule has 3 heterocycles. The SMILES string of the molecule is COc1ccc2nc(N3C(=O)C(=O)C(=C(O)c4ccccn4)C3c3ccc(Cl)cc3)sc2c1. The summed E-state index contributed by atoms with van der Waals surface area (Å²) in [4.78, 5) is 36.4. The molecule has 9 heteroatoms. The predicted octanol–water partition coefficient (Wildman–Crippen LogP) is 4.98. The largest absolute Gasteiger partial charge is 0.505 e. The molecule has 1 aliphatic heterocycles. The molecule has 5 rings (SSSR count). The van der Waals surface area contributed by atoms with E-state index in [0.29, 0.717) is 27.0 Å². The lowest BCUT2D eigenvalue weighted by Gasteiger charge is -2.22. The summed E-state index contributed by atoms with van der Waals surface area (Å²) in [5.41, 5.74) is 1.41. The maximum Gasteiger partial charge on any atom is 0.301 e. The number of rotatable bonds is 4. The minimum Gasteiger partial charge on any atom is -0.505 e. The van der Waals surface area contributed by atoms with Gasteiger partial charge in [-0.15, -0.1) is 0 Å². The van der Waals surface area contributed by atoms with Crippen LogP contribution in [0, 0.1) is 0 Å². The van der Waals surface area contributed by atoms with E-state index in [-0.39, 0.29) is 17.0 Å². The number of carbonyl (C=O) groups excluding carboxylic acids is 2. The van der Waals surface area contributed by atoms with E-state index in [0.717, 1.165) is 4.70 Å². The Kier molecular flexibility index (Phi) is 5.32. The first-order chi connectivity index (χ1) is 16.0. The summed E-state index contributed by atoms with van der Waals surface area (Å²) in [7, 11) is 1.57. The Bertz CT molecular complexity index is 1420. The van der Waals surface area contributed by atoms with Gasteiger partial charge in [-0.2, -0.15) is 0 Å². The fourth-order valence-corrected chi connectivity index (χ4v) is 4.90. The number of Topliss-reactive ketones (excluding diaryl/α,β-unsaturated/α-hetero) is 1. The Morgan fingerprint density at radius 3 is 2.61 bits per heavy atom. The lowest BCUT2D eigenvalue weighted by Crippen LogP contribution is -2.29. The van der Waals surface area contributed by atoms with Crippen LogP contribution in [-0.4, -0.2) is 33.9 Å². The van der Waals surface area contributed by atoms with Crippen molar-refractivity contribution in [2.24, 2.45) is 0 Å². The molecule has 2 aromatic carbocycles. The van der Waals surface area contributed by atoms with Crippen molar-refractivity contribution in [3.8, 4) is 5.75 Å². The molecule has 1 unspecified atom stereocenters. The number of ether oxygens (including phenoxy) is 1. The first-order valence-corrected chi connectivity index (χ1v) is 11.1. The van der Waals surface area contributed by atoms with E-state index >= 15 is 0 Å². The molecule has 0 radical (unpaired) electrons. The Balaban J connectivity index is 1.72. The molecular formula is C24H16ClN3O4S. The first-order valence-electron chi connectivity index (χ1n) is 9.90. The molecule has 7 nitrogen and oxygen atoms in total. The minimum atomic E-state index is -0.897. The fraction of sp³-hybridized carbons (Fsp3) is 0.0833. The zero-order valence-corrected chi connectivity index (χ0v) is 18.8. The summed E-state index contributed by atoms with van der Waals surface area (Å²) in [6, 6.07) is 16.2. The number of thiazole rings is 1. The zero-order valence-electron chi connectivity index (χ0n) is 17.2. The molecule has 1 aliphatic rings. The van der Waals surface area contributed by atoms with Crippen molar-refractivity contribution in [2.75, 3.05) is 12.0 Å². The van der Waals surface area contributed by atoms with Crippen LogP contribution < -0.4 is 9.64 Å². The van der Waals surface area contributed by atoms with Crippen LogP contribution in [0.4, 0.5) is 5.13 Å². The standard InChI is InChI=1S/C24H16ClN3O4S/c1-32-15-9-10-16-18(12-15)33-24(27-16)28-20(13-5-7-14(25)8-6-13)19(22(30)23(28)31)21(29)17-4-2-3-11-26-17/h2-12,20,29H,1H3. The summed E-state index contributed by atoms with van der Waals surface area (Å²) < 4.78 is 6.08. The van der Waals surface area contributed by atoms with Crippen molar-refractivity contribution in [3.05, 3.63) is 88.7 Å². The molecule has 164 valence electrons. The molecule has 2 aromatic heterocycles. The molecule has 0 aliphatic carbocycles. The number of aliphatic hydroxyl groups is 1. The number of halogens is 1. The monoisotopic (exact) mass is 477 g/mol. The van der Waals surface area contributed by atoms with E-state index < -0.39 is 17.7 Å². The number of pyridine rings is 1. The smallest absolute Gasteiger partial charge is 0.301 e. The second kappa shape index (κ2) is 8.31. The molecule has 1 fully saturated rings. The van der Waals surface area contributed by atoms with E-state index in [9.17, 15) is 14.7 Å². The number of hydrogen-bond acceptors (Lipinski definition) is 7. The molecule has 4 aromatic rings. The Morgan fingerprint density at radius 2 is 1.91 bits per heavy atom. The van der Waals surface area contributed by atoms with Gasteiger partial charge in [0.15, 0.2) is 10.9 Å². The van der Waals surface area contributed by atoms with Crippen LogP contribution in [0.5, 0.6) is 5.75 Å². The van der Waals surface area contributed by atoms with Gasteiger partial charge >= 0.3 is 5.91 Å². The van der Waals surface area contributed by atoms with Crippen LogP contribution in [-0.2, 0) is 9.59 Å². The number of hydrogen-bond donors (Lipinski definition) is 1. The predicted molar refractivity (Wildman–Crippen MR) is 127 cm³/mol. The molecular weight excluding hydrogens is 462 g/mol. The van der Waals surface area contributed by atoms with Gasteiger partial charge in [0.2, 0.25) is 0 Å². The third-order valence-corrected chi connectivity index (χ3v) is 6.60. The van der Waals surface area contributed by atoms with Gasteiger partial charge in [0.25, 0.3) is 5.78 Å². The van der Waals surface area contributed by atoms with E-state index in [4.69, 9.17) is 16.3 Å². The molecule has 1 saturated heterocycles. The Labute approximate surface area is 197 Å². The maximum absolute atomic E-state index is 13.2. The number of amides is 1. The maximum atomic E-state index is 13.2. The van der Waals surface area contributed by atoms with Crippen LogP contribution in [0.2, 0.25) is 5.02 Å². The van der Waals surface area contributed by atoms with E-state index in [2.05, 4.69) is 9.97 Å². The highest BCUT2D eigenvalue weighted by Gasteiger charge is 2.48. The second-order valence-corrected chi connectivity index (χ2v) is 8.71. The first kappa shape index (κ1) is 21.1. The number of benzene rings is 2. The minimum absolute atomic E-state index is 0.0575. The number of anilines is 1. The summed E-state index contributed by atoms with van der Waals surface area (Å²) in [6.45, 7) is 0. The Morgan fingerprint density at radius 1 is 1.12 bits per heavy atom. The number of aromatic nitrogens is 2. The van der Waals surface area contributed by atoms with Gasteiger partial charge in [-0.05, 0) is 48.0 Å². The lowest BCUT2D eigenvalue weighted by atomic mass is 9.96. The number of carbonyl (C=O) groups is 2. The highest BCUT2D eigenvalue weighted by Crippen LogP contribution is 2.44. The van der Waals surface area contributed by atoms with Gasteiger partial charge in [-0.25, -0.2) is 4.98 Å². The van der Waals surface area contributed by atoms with Gasteiger partial charge in [-0.3, -0.25) is 19.5 Å². The molecule has 1 amide bonds. The third-order valence-electron chi connectivity index (χ3n) is 5.33. The van der Waals surface area contributed by atoms with E-state index in [1.54, 1.807) is 61.7 Å². The summed E-state index contributed by atoms with van der Waals surface area (Å²) >= 11 is 7.32. The Hall–Kier alpha value is -3.75. The van der Waals surface area contributed by atoms with E-state index in [1.165, 1.54) is 22.4 Å². The molecule has 0 spiro atoms. The quantitative estimate of drug-likeness (QED) is 0.253. The highest BCUT2D eigenvalue weighted by molar-refractivity contribution is 7.22. The normalized spacial score (nSPS) is 17.6. The second-order valence-electron chi connectivity index (χ2n) is 7.27. The van der Waals surface area contributed by atoms with Crippen molar-refractivity contribution in [2.45, 2.75) is 6.04 Å². The molecule has 1 atom stereocenters.